The van der Waals surface area contributed by atoms with Crippen molar-refractivity contribution in [1.82, 2.24) is 0 Å². The van der Waals surface area contributed by atoms with E-state index in [0.29, 0.717) is 24.8 Å². The fourth-order valence-corrected chi connectivity index (χ4v) is 1.51. The van der Waals surface area contributed by atoms with Crippen LogP contribution in [0.1, 0.15) is 53.4 Å². The molecular formula is C13H27NO2. The lowest BCUT2D eigenvalue weighted by Crippen LogP contribution is -2.20. The lowest BCUT2D eigenvalue weighted by atomic mass is 9.97. The molecule has 16 heavy (non-hydrogen) atoms. The summed E-state index contributed by atoms with van der Waals surface area (Å²) in [5, 5.41) is 0. The third-order valence-electron chi connectivity index (χ3n) is 3.17. The number of carbonyl (C=O) groups excluding carboxylic acids is 1. The minimum absolute atomic E-state index is 0.0158. The van der Waals surface area contributed by atoms with E-state index < -0.39 is 0 Å². The van der Waals surface area contributed by atoms with Gasteiger partial charge in [-0.2, -0.15) is 0 Å². The van der Waals surface area contributed by atoms with E-state index in [2.05, 4.69) is 20.8 Å². The van der Waals surface area contributed by atoms with Crippen LogP contribution in [-0.2, 0) is 9.53 Å². The van der Waals surface area contributed by atoms with Crippen molar-refractivity contribution in [2.45, 2.75) is 59.5 Å². The molecule has 0 aliphatic rings. The number of rotatable bonds is 8. The van der Waals surface area contributed by atoms with Gasteiger partial charge in [-0.3, -0.25) is 4.79 Å². The van der Waals surface area contributed by atoms with E-state index >= 15 is 0 Å². The van der Waals surface area contributed by atoms with Gasteiger partial charge in [0.15, 0.2) is 0 Å². The second-order valence-corrected chi connectivity index (χ2v) is 4.83. The van der Waals surface area contributed by atoms with Crippen LogP contribution in [0.5, 0.6) is 0 Å². The molecule has 2 N–H and O–H groups in total. The zero-order valence-electron chi connectivity index (χ0n) is 11.2. The van der Waals surface area contributed by atoms with Crippen molar-refractivity contribution >= 4 is 5.97 Å². The zero-order valence-corrected chi connectivity index (χ0v) is 11.2. The molecule has 3 heteroatoms. The Morgan fingerprint density at radius 3 is 2.31 bits per heavy atom. The molecular weight excluding hydrogens is 202 g/mol. The number of hydrogen-bond acceptors (Lipinski definition) is 3. The Hall–Kier alpha value is -0.570. The highest BCUT2D eigenvalue weighted by molar-refractivity contribution is 5.69. The summed E-state index contributed by atoms with van der Waals surface area (Å²) in [7, 11) is 0. The Labute approximate surface area is 99.7 Å². The van der Waals surface area contributed by atoms with Gasteiger partial charge < -0.3 is 10.5 Å². The van der Waals surface area contributed by atoms with Crippen LogP contribution in [0.15, 0.2) is 0 Å². The van der Waals surface area contributed by atoms with Gasteiger partial charge in [0.05, 0.1) is 0 Å². The maximum absolute atomic E-state index is 11.5. The van der Waals surface area contributed by atoms with Crippen molar-refractivity contribution in [3.8, 4) is 0 Å². The lowest BCUT2D eigenvalue weighted by Gasteiger charge is -2.18. The van der Waals surface area contributed by atoms with E-state index in [1.54, 1.807) is 0 Å². The maximum Gasteiger partial charge on any atom is 0.306 e. The fourth-order valence-electron chi connectivity index (χ4n) is 1.51. The van der Waals surface area contributed by atoms with Gasteiger partial charge in [-0.25, -0.2) is 0 Å². The number of hydrogen-bond donors (Lipinski definition) is 1. The van der Waals surface area contributed by atoms with Gasteiger partial charge >= 0.3 is 5.97 Å². The molecule has 0 fully saturated rings. The molecule has 0 aliphatic carbocycles. The van der Waals surface area contributed by atoms with Gasteiger partial charge in [-0.15, -0.1) is 0 Å². The smallest absolute Gasteiger partial charge is 0.306 e. The third kappa shape index (κ3) is 6.83. The minimum atomic E-state index is -0.0725. The van der Waals surface area contributed by atoms with Crippen molar-refractivity contribution in [2.75, 3.05) is 6.54 Å². The van der Waals surface area contributed by atoms with E-state index in [0.717, 1.165) is 19.3 Å². The molecule has 0 saturated heterocycles. The molecule has 0 spiro atoms. The first-order chi connectivity index (χ1) is 7.51. The summed E-state index contributed by atoms with van der Waals surface area (Å²) >= 11 is 0. The van der Waals surface area contributed by atoms with E-state index in [4.69, 9.17) is 10.5 Å². The van der Waals surface area contributed by atoms with Crippen LogP contribution in [0.25, 0.3) is 0 Å². The summed E-state index contributed by atoms with van der Waals surface area (Å²) in [6, 6.07) is 0. The van der Waals surface area contributed by atoms with Gasteiger partial charge in [-0.05, 0) is 38.1 Å². The lowest BCUT2D eigenvalue weighted by molar-refractivity contribution is -0.150. The first-order valence-electron chi connectivity index (χ1n) is 6.40. The zero-order chi connectivity index (χ0) is 12.6. The van der Waals surface area contributed by atoms with Crippen LogP contribution in [0.4, 0.5) is 0 Å². The number of carbonyl (C=O) groups is 1. The van der Waals surface area contributed by atoms with E-state index in [-0.39, 0.29) is 12.1 Å². The van der Waals surface area contributed by atoms with E-state index in [1.165, 1.54) is 0 Å². The Balaban J connectivity index is 3.79. The largest absolute Gasteiger partial charge is 0.462 e. The highest BCUT2D eigenvalue weighted by atomic mass is 16.5. The topological polar surface area (TPSA) is 52.3 Å². The fraction of sp³-hybridized carbons (Fsp3) is 0.923. The van der Waals surface area contributed by atoms with Crippen LogP contribution in [0.2, 0.25) is 0 Å². The quantitative estimate of drug-likeness (QED) is 0.651. The van der Waals surface area contributed by atoms with Crippen LogP contribution >= 0.6 is 0 Å². The first kappa shape index (κ1) is 15.4. The Morgan fingerprint density at radius 2 is 1.88 bits per heavy atom. The first-order valence-corrected chi connectivity index (χ1v) is 6.40. The molecule has 0 amide bonds. The monoisotopic (exact) mass is 229 g/mol. The van der Waals surface area contributed by atoms with Gasteiger partial charge in [-0.1, -0.05) is 27.2 Å². The van der Waals surface area contributed by atoms with E-state index in [9.17, 15) is 4.79 Å². The number of ether oxygens (including phenoxy) is 1. The molecule has 0 heterocycles. The maximum atomic E-state index is 11.5. The summed E-state index contributed by atoms with van der Waals surface area (Å²) in [6.07, 6.45) is 3.53. The molecule has 3 nitrogen and oxygen atoms in total. The normalized spacial score (nSPS) is 14.9. The summed E-state index contributed by atoms with van der Waals surface area (Å²) in [6.45, 7) is 8.90. The summed E-state index contributed by atoms with van der Waals surface area (Å²) < 4.78 is 5.31. The molecule has 0 aromatic heterocycles. The van der Waals surface area contributed by atoms with Crippen LogP contribution < -0.4 is 5.73 Å². The minimum Gasteiger partial charge on any atom is -0.462 e. The van der Waals surface area contributed by atoms with Crippen molar-refractivity contribution in [3.05, 3.63) is 0 Å². The predicted molar refractivity (Wildman–Crippen MR) is 67.1 cm³/mol. The standard InChI is InChI=1S/C13H27NO2/c1-5-12(8-9-14)6-7-13(15)16-11(4)10(2)3/h10-12H,5-9,14H2,1-4H3. The van der Waals surface area contributed by atoms with Crippen molar-refractivity contribution in [3.63, 3.8) is 0 Å². The van der Waals surface area contributed by atoms with E-state index in [1.807, 2.05) is 6.92 Å². The molecule has 0 aromatic rings. The van der Waals surface area contributed by atoms with Crippen molar-refractivity contribution < 1.29 is 9.53 Å². The second kappa shape index (κ2) is 8.57. The van der Waals surface area contributed by atoms with Gasteiger partial charge in [0, 0.05) is 6.42 Å². The molecule has 0 rings (SSSR count). The van der Waals surface area contributed by atoms with Crippen LogP contribution in [0.3, 0.4) is 0 Å². The van der Waals surface area contributed by atoms with Crippen LogP contribution in [-0.4, -0.2) is 18.6 Å². The third-order valence-corrected chi connectivity index (χ3v) is 3.17. The Bertz CT molecular complexity index is 192. The predicted octanol–water partition coefficient (Wildman–Crippen LogP) is 2.73. The SMILES string of the molecule is CCC(CCN)CCC(=O)OC(C)C(C)C. The highest BCUT2D eigenvalue weighted by Crippen LogP contribution is 2.16. The molecule has 0 bridgehead atoms. The molecule has 2 atom stereocenters. The summed E-state index contributed by atoms with van der Waals surface area (Å²) in [4.78, 5) is 11.5. The summed E-state index contributed by atoms with van der Waals surface area (Å²) in [5.41, 5.74) is 5.52. The van der Waals surface area contributed by atoms with Crippen LogP contribution in [0, 0.1) is 11.8 Å². The molecule has 0 aromatic carbocycles. The molecule has 2 unspecified atom stereocenters. The number of nitrogens with two attached hydrogens (primary N) is 1. The Morgan fingerprint density at radius 1 is 1.25 bits per heavy atom. The van der Waals surface area contributed by atoms with Crippen molar-refractivity contribution in [2.24, 2.45) is 17.6 Å². The molecule has 0 saturated carbocycles. The second-order valence-electron chi connectivity index (χ2n) is 4.83. The van der Waals surface area contributed by atoms with Gasteiger partial charge in [0.1, 0.15) is 6.10 Å². The van der Waals surface area contributed by atoms with Gasteiger partial charge in [0.25, 0.3) is 0 Å². The van der Waals surface area contributed by atoms with Gasteiger partial charge in [0.2, 0.25) is 0 Å². The average Bonchev–Trinajstić information content (AvgIpc) is 2.23. The Kier molecular flexibility index (Phi) is 8.26. The molecule has 0 radical (unpaired) electrons. The summed E-state index contributed by atoms with van der Waals surface area (Å²) in [5.74, 6) is 0.874. The molecule has 96 valence electrons. The van der Waals surface area contributed by atoms with Crippen molar-refractivity contribution in [1.29, 1.82) is 0 Å². The highest BCUT2D eigenvalue weighted by Gasteiger charge is 2.14. The molecule has 0 aliphatic heterocycles. The number of esters is 1. The average molecular weight is 229 g/mol.